The SMILES string of the molecule is C=C(C)[C@@H]1CC[C@]2(C)[C@H](CC[C@@H]3[C@@H]([C@@]4(C)CCC(=O)O4)CC[C@]32C)[C@@]1(C)CCC(=O)OC. The van der Waals surface area contributed by atoms with Crippen LogP contribution < -0.4 is 0 Å². The average Bonchev–Trinajstić information content (AvgIpc) is 3.27. The molecule has 4 heteroatoms. The minimum Gasteiger partial charge on any atom is -0.469 e. The number of carbonyl (C=O) groups excluding carboxylic acids is 2. The highest BCUT2D eigenvalue weighted by Crippen LogP contribution is 2.74. The van der Waals surface area contributed by atoms with Crippen LogP contribution in [0.3, 0.4) is 0 Å². The van der Waals surface area contributed by atoms with E-state index < -0.39 is 0 Å². The van der Waals surface area contributed by atoms with Crippen LogP contribution in [0.1, 0.15) is 98.8 Å². The van der Waals surface area contributed by atoms with E-state index in [4.69, 9.17) is 9.47 Å². The van der Waals surface area contributed by atoms with Gasteiger partial charge in [0.25, 0.3) is 0 Å². The van der Waals surface area contributed by atoms with Gasteiger partial charge in [0.15, 0.2) is 0 Å². The molecule has 0 aromatic carbocycles. The highest BCUT2D eigenvalue weighted by molar-refractivity contribution is 5.72. The molecule has 0 radical (unpaired) electrons. The van der Waals surface area contributed by atoms with Crippen LogP contribution in [-0.4, -0.2) is 24.6 Å². The summed E-state index contributed by atoms with van der Waals surface area (Å²) in [5.41, 5.74) is 1.50. The number of hydrogen-bond donors (Lipinski definition) is 0. The van der Waals surface area contributed by atoms with E-state index in [-0.39, 0.29) is 33.8 Å². The van der Waals surface area contributed by atoms with E-state index in [2.05, 4.69) is 41.2 Å². The average molecular weight is 445 g/mol. The summed E-state index contributed by atoms with van der Waals surface area (Å²) in [5, 5.41) is 0. The summed E-state index contributed by atoms with van der Waals surface area (Å²) in [6.45, 7) is 16.3. The summed E-state index contributed by atoms with van der Waals surface area (Å²) in [6.07, 6.45) is 9.95. The van der Waals surface area contributed by atoms with Gasteiger partial charge in [-0.25, -0.2) is 0 Å². The highest BCUT2D eigenvalue weighted by atomic mass is 16.6. The number of ether oxygens (including phenoxy) is 2. The number of cyclic esters (lactones) is 1. The van der Waals surface area contributed by atoms with Gasteiger partial charge >= 0.3 is 11.9 Å². The maximum Gasteiger partial charge on any atom is 0.306 e. The zero-order chi connectivity index (χ0) is 23.5. The molecule has 8 atom stereocenters. The third kappa shape index (κ3) is 3.29. The molecule has 0 spiro atoms. The zero-order valence-electron chi connectivity index (χ0n) is 21.2. The number of carbonyl (C=O) groups is 2. The van der Waals surface area contributed by atoms with Gasteiger partial charge in [-0.2, -0.15) is 0 Å². The molecule has 4 aliphatic rings. The number of rotatable bonds is 5. The van der Waals surface area contributed by atoms with E-state index in [0.717, 1.165) is 25.7 Å². The van der Waals surface area contributed by atoms with Gasteiger partial charge in [-0.1, -0.05) is 32.9 Å². The third-order valence-electron chi connectivity index (χ3n) is 11.3. The van der Waals surface area contributed by atoms with E-state index in [1.54, 1.807) is 0 Å². The quantitative estimate of drug-likeness (QED) is 0.360. The van der Waals surface area contributed by atoms with Crippen molar-refractivity contribution in [2.45, 2.75) is 104 Å². The van der Waals surface area contributed by atoms with Gasteiger partial charge in [0, 0.05) is 18.8 Å². The van der Waals surface area contributed by atoms with E-state index in [1.807, 2.05) is 0 Å². The lowest BCUT2D eigenvalue weighted by Gasteiger charge is -2.66. The van der Waals surface area contributed by atoms with Crippen molar-refractivity contribution >= 4 is 11.9 Å². The second-order valence-electron chi connectivity index (χ2n) is 12.5. The zero-order valence-corrected chi connectivity index (χ0v) is 21.2. The fourth-order valence-electron chi connectivity index (χ4n) is 9.45. The number of hydrogen-bond acceptors (Lipinski definition) is 4. The minimum atomic E-state index is -0.286. The Morgan fingerprint density at radius 1 is 1.03 bits per heavy atom. The molecule has 32 heavy (non-hydrogen) atoms. The van der Waals surface area contributed by atoms with E-state index in [9.17, 15) is 9.59 Å². The van der Waals surface area contributed by atoms with E-state index in [1.165, 1.54) is 38.4 Å². The molecule has 4 rings (SSSR count). The Morgan fingerprint density at radius 3 is 2.31 bits per heavy atom. The lowest BCUT2D eigenvalue weighted by molar-refractivity contribution is -0.182. The molecule has 3 aliphatic carbocycles. The van der Waals surface area contributed by atoms with Crippen molar-refractivity contribution in [2.24, 2.45) is 39.9 Å². The van der Waals surface area contributed by atoms with Gasteiger partial charge < -0.3 is 9.47 Å². The molecule has 0 aromatic rings. The second kappa shape index (κ2) is 7.87. The first-order valence-corrected chi connectivity index (χ1v) is 12.9. The van der Waals surface area contributed by atoms with Gasteiger partial charge in [-0.05, 0) is 99.2 Å². The van der Waals surface area contributed by atoms with Gasteiger partial charge in [0.2, 0.25) is 0 Å². The molecule has 1 aliphatic heterocycles. The predicted octanol–water partition coefficient (Wildman–Crippen LogP) is 6.48. The Labute approximate surface area is 194 Å². The molecule has 4 nitrogen and oxygen atoms in total. The van der Waals surface area contributed by atoms with E-state index >= 15 is 0 Å². The van der Waals surface area contributed by atoms with Crippen molar-refractivity contribution in [1.29, 1.82) is 0 Å². The largest absolute Gasteiger partial charge is 0.469 e. The molecule has 3 saturated carbocycles. The van der Waals surface area contributed by atoms with Crippen LogP contribution in [0, 0.1) is 39.9 Å². The van der Waals surface area contributed by atoms with Crippen LogP contribution in [0.15, 0.2) is 12.2 Å². The number of fused-ring (bicyclic) bond motifs is 3. The van der Waals surface area contributed by atoms with Crippen LogP contribution in [0.4, 0.5) is 0 Å². The van der Waals surface area contributed by atoms with Crippen LogP contribution >= 0.6 is 0 Å². The number of allylic oxidation sites excluding steroid dienone is 1. The van der Waals surface area contributed by atoms with Crippen molar-refractivity contribution in [3.63, 3.8) is 0 Å². The van der Waals surface area contributed by atoms with Crippen LogP contribution in [0.25, 0.3) is 0 Å². The maximum absolute atomic E-state index is 12.1. The second-order valence-corrected chi connectivity index (χ2v) is 12.5. The lowest BCUT2D eigenvalue weighted by Crippen LogP contribution is -2.60. The topological polar surface area (TPSA) is 52.6 Å². The van der Waals surface area contributed by atoms with Crippen LogP contribution in [0.5, 0.6) is 0 Å². The number of esters is 2. The van der Waals surface area contributed by atoms with Crippen molar-refractivity contribution in [3.05, 3.63) is 12.2 Å². The third-order valence-corrected chi connectivity index (χ3v) is 11.3. The molecule has 180 valence electrons. The molecule has 0 amide bonds. The van der Waals surface area contributed by atoms with Crippen LogP contribution in [0.2, 0.25) is 0 Å². The summed E-state index contributed by atoms with van der Waals surface area (Å²) in [7, 11) is 1.49. The van der Waals surface area contributed by atoms with Gasteiger partial charge in [0.05, 0.1) is 7.11 Å². The normalized spacial score (nSPS) is 48.0. The highest BCUT2D eigenvalue weighted by Gasteiger charge is 2.68. The van der Waals surface area contributed by atoms with Gasteiger partial charge in [-0.15, -0.1) is 0 Å². The van der Waals surface area contributed by atoms with Crippen molar-refractivity contribution < 1.29 is 19.1 Å². The lowest BCUT2D eigenvalue weighted by atomic mass is 9.38. The van der Waals surface area contributed by atoms with Gasteiger partial charge in [-0.3, -0.25) is 9.59 Å². The molecule has 0 aromatic heterocycles. The molecule has 0 N–H and O–H groups in total. The molecular formula is C28H44O4. The fourth-order valence-corrected chi connectivity index (χ4v) is 9.45. The van der Waals surface area contributed by atoms with E-state index in [0.29, 0.717) is 36.5 Å². The molecule has 1 heterocycles. The maximum atomic E-state index is 12.1. The monoisotopic (exact) mass is 444 g/mol. The first-order valence-electron chi connectivity index (χ1n) is 12.9. The van der Waals surface area contributed by atoms with Crippen LogP contribution in [-0.2, 0) is 19.1 Å². The Morgan fingerprint density at radius 2 is 1.72 bits per heavy atom. The summed E-state index contributed by atoms with van der Waals surface area (Å²) in [4.78, 5) is 24.1. The fraction of sp³-hybridized carbons (Fsp3) is 0.857. The summed E-state index contributed by atoms with van der Waals surface area (Å²) in [5.74, 6) is 1.97. The molecular weight excluding hydrogens is 400 g/mol. The smallest absolute Gasteiger partial charge is 0.306 e. The Hall–Kier alpha value is -1.32. The Bertz CT molecular complexity index is 803. The standard InChI is InChI=1S/C28H44O4/c1-18(2)19-10-16-27(5)22(25(19,3)14-12-23(29)31-7)9-8-20-21(11-15-26(20,27)4)28(6)17-13-24(30)32-28/h19-22H,1,8-17H2,2-7H3/t19-,20+,21-,22+,25-,26+,27+,28+/m0/s1. The molecule has 4 fully saturated rings. The first-order chi connectivity index (χ1) is 14.9. The van der Waals surface area contributed by atoms with Crippen molar-refractivity contribution in [3.8, 4) is 0 Å². The summed E-state index contributed by atoms with van der Waals surface area (Å²) < 4.78 is 11.0. The van der Waals surface area contributed by atoms with Crippen molar-refractivity contribution in [2.75, 3.05) is 7.11 Å². The first kappa shape index (κ1) is 23.8. The minimum absolute atomic E-state index is 0.0154. The van der Waals surface area contributed by atoms with Crippen molar-refractivity contribution in [1.82, 2.24) is 0 Å². The summed E-state index contributed by atoms with van der Waals surface area (Å²) >= 11 is 0. The predicted molar refractivity (Wildman–Crippen MR) is 126 cm³/mol. The number of methoxy groups -OCH3 is 1. The molecule has 0 unspecified atom stereocenters. The Kier molecular flexibility index (Phi) is 5.86. The summed E-state index contributed by atoms with van der Waals surface area (Å²) in [6, 6.07) is 0. The molecule has 0 bridgehead atoms. The van der Waals surface area contributed by atoms with Gasteiger partial charge in [0.1, 0.15) is 5.60 Å². The molecule has 1 saturated heterocycles. The Balaban J connectivity index is 1.67.